The van der Waals surface area contributed by atoms with Gasteiger partial charge in [0, 0.05) is 25.7 Å². The molecule has 0 radical (unpaired) electrons. The van der Waals surface area contributed by atoms with Crippen LogP contribution < -0.4 is 10.2 Å². The van der Waals surface area contributed by atoms with E-state index in [-0.39, 0.29) is 0 Å². The van der Waals surface area contributed by atoms with E-state index < -0.39 is 0 Å². The van der Waals surface area contributed by atoms with E-state index in [1.807, 2.05) is 13.1 Å². The second-order valence-corrected chi connectivity index (χ2v) is 4.64. The van der Waals surface area contributed by atoms with Crippen LogP contribution in [0.25, 0.3) is 0 Å². The Hall–Kier alpha value is -1.32. The summed E-state index contributed by atoms with van der Waals surface area (Å²) in [6.45, 7) is 3.39. The minimum atomic E-state index is 0.661. The monoisotopic (exact) mass is 234 g/mol. The van der Waals surface area contributed by atoms with Crippen LogP contribution in [-0.2, 0) is 0 Å². The minimum Gasteiger partial charge on any atom is -0.373 e. The fourth-order valence-corrected chi connectivity index (χ4v) is 2.58. The van der Waals surface area contributed by atoms with E-state index in [1.54, 1.807) is 6.33 Å². The maximum absolute atomic E-state index is 4.42. The molecule has 1 aliphatic heterocycles. The molecule has 0 saturated carbocycles. The average molecular weight is 234 g/mol. The summed E-state index contributed by atoms with van der Waals surface area (Å²) in [7, 11) is 1.89. The quantitative estimate of drug-likeness (QED) is 0.869. The first-order chi connectivity index (χ1) is 8.35. The third kappa shape index (κ3) is 2.87. The zero-order valence-electron chi connectivity index (χ0n) is 10.8. The van der Waals surface area contributed by atoms with Crippen molar-refractivity contribution in [3.63, 3.8) is 0 Å². The summed E-state index contributed by atoms with van der Waals surface area (Å²) in [5.74, 6) is 1.97. The minimum absolute atomic E-state index is 0.661. The molecule has 1 aromatic heterocycles. The van der Waals surface area contributed by atoms with Crippen LogP contribution in [-0.4, -0.2) is 29.6 Å². The van der Waals surface area contributed by atoms with Crippen LogP contribution in [0.5, 0.6) is 0 Å². The summed E-state index contributed by atoms with van der Waals surface area (Å²) < 4.78 is 0. The molecule has 0 amide bonds. The Labute approximate surface area is 103 Å². The van der Waals surface area contributed by atoms with E-state index >= 15 is 0 Å². The normalized spacial score (nSPS) is 20.4. The molecule has 4 nitrogen and oxygen atoms in total. The second kappa shape index (κ2) is 5.84. The Balaban J connectivity index is 2.16. The van der Waals surface area contributed by atoms with Crippen LogP contribution in [0.15, 0.2) is 12.4 Å². The van der Waals surface area contributed by atoms with Crippen LogP contribution in [0.3, 0.4) is 0 Å². The van der Waals surface area contributed by atoms with E-state index in [0.29, 0.717) is 6.04 Å². The predicted molar refractivity (Wildman–Crippen MR) is 71.5 cm³/mol. The summed E-state index contributed by atoms with van der Waals surface area (Å²) in [4.78, 5) is 11.0. The van der Waals surface area contributed by atoms with Crippen molar-refractivity contribution in [2.75, 3.05) is 23.8 Å². The van der Waals surface area contributed by atoms with Gasteiger partial charge in [-0.15, -0.1) is 0 Å². The molecule has 0 aromatic carbocycles. The maximum Gasteiger partial charge on any atom is 0.134 e. The smallest absolute Gasteiger partial charge is 0.134 e. The Morgan fingerprint density at radius 3 is 3.06 bits per heavy atom. The van der Waals surface area contributed by atoms with Gasteiger partial charge in [-0.25, -0.2) is 9.97 Å². The van der Waals surface area contributed by atoms with Gasteiger partial charge in [0.2, 0.25) is 0 Å². The van der Waals surface area contributed by atoms with Crippen molar-refractivity contribution in [2.24, 2.45) is 0 Å². The van der Waals surface area contributed by atoms with Gasteiger partial charge >= 0.3 is 0 Å². The lowest BCUT2D eigenvalue weighted by molar-refractivity contribution is 0.432. The Bertz CT molecular complexity index is 351. The summed E-state index contributed by atoms with van der Waals surface area (Å²) >= 11 is 0. The van der Waals surface area contributed by atoms with Gasteiger partial charge in [0.25, 0.3) is 0 Å². The highest BCUT2D eigenvalue weighted by Gasteiger charge is 2.22. The Kier molecular flexibility index (Phi) is 4.18. The number of piperidine rings is 1. The molecular formula is C13H22N4. The third-order valence-corrected chi connectivity index (χ3v) is 3.45. The molecule has 1 fully saturated rings. The largest absolute Gasteiger partial charge is 0.373 e. The van der Waals surface area contributed by atoms with Gasteiger partial charge in [0.15, 0.2) is 0 Å². The van der Waals surface area contributed by atoms with Crippen LogP contribution in [0.4, 0.5) is 11.6 Å². The standard InChI is InChI=1S/C13H22N4/c1-3-6-11-7-4-5-8-17(11)13-9-12(14-2)15-10-16-13/h9-11H,3-8H2,1-2H3,(H,14,15,16). The van der Waals surface area contributed by atoms with E-state index in [1.165, 1.54) is 32.1 Å². The number of hydrogen-bond acceptors (Lipinski definition) is 4. The second-order valence-electron chi connectivity index (χ2n) is 4.64. The van der Waals surface area contributed by atoms with Gasteiger partial charge in [-0.05, 0) is 25.7 Å². The van der Waals surface area contributed by atoms with Gasteiger partial charge in [-0.3, -0.25) is 0 Å². The van der Waals surface area contributed by atoms with Gasteiger partial charge in [0.1, 0.15) is 18.0 Å². The molecule has 0 bridgehead atoms. The van der Waals surface area contributed by atoms with E-state index in [2.05, 4.69) is 27.1 Å². The lowest BCUT2D eigenvalue weighted by atomic mass is 9.98. The van der Waals surface area contributed by atoms with E-state index in [4.69, 9.17) is 0 Å². The molecule has 0 aliphatic carbocycles. The fraction of sp³-hybridized carbons (Fsp3) is 0.692. The highest BCUT2D eigenvalue weighted by atomic mass is 15.2. The van der Waals surface area contributed by atoms with Crippen molar-refractivity contribution in [3.05, 3.63) is 12.4 Å². The molecule has 1 aliphatic rings. The molecule has 1 saturated heterocycles. The van der Waals surface area contributed by atoms with Crippen LogP contribution in [0, 0.1) is 0 Å². The molecule has 17 heavy (non-hydrogen) atoms. The van der Waals surface area contributed by atoms with Gasteiger partial charge in [0.05, 0.1) is 0 Å². The number of nitrogens with zero attached hydrogens (tertiary/aromatic N) is 3. The first-order valence-electron chi connectivity index (χ1n) is 6.61. The highest BCUT2D eigenvalue weighted by Crippen LogP contribution is 2.26. The van der Waals surface area contributed by atoms with Gasteiger partial charge in [-0.1, -0.05) is 13.3 Å². The molecule has 94 valence electrons. The van der Waals surface area contributed by atoms with Crippen LogP contribution >= 0.6 is 0 Å². The molecule has 4 heteroatoms. The van der Waals surface area contributed by atoms with Crippen LogP contribution in [0.1, 0.15) is 39.0 Å². The number of hydrogen-bond donors (Lipinski definition) is 1. The number of anilines is 2. The summed E-state index contributed by atoms with van der Waals surface area (Å²) in [6, 6.07) is 2.71. The van der Waals surface area contributed by atoms with Crippen molar-refractivity contribution >= 4 is 11.6 Å². The first kappa shape index (κ1) is 12.1. The zero-order chi connectivity index (χ0) is 12.1. The number of aromatic nitrogens is 2. The molecule has 1 unspecified atom stereocenters. The average Bonchev–Trinajstić information content (AvgIpc) is 2.40. The summed E-state index contributed by atoms with van der Waals surface area (Å²) in [5, 5.41) is 3.08. The summed E-state index contributed by atoms with van der Waals surface area (Å²) in [5.41, 5.74) is 0. The number of rotatable bonds is 4. The van der Waals surface area contributed by atoms with E-state index in [9.17, 15) is 0 Å². The van der Waals surface area contributed by atoms with Crippen molar-refractivity contribution in [2.45, 2.75) is 45.1 Å². The van der Waals surface area contributed by atoms with Gasteiger partial charge < -0.3 is 10.2 Å². The van der Waals surface area contributed by atoms with Crippen molar-refractivity contribution in [3.8, 4) is 0 Å². The molecular weight excluding hydrogens is 212 g/mol. The number of nitrogens with one attached hydrogen (secondary N) is 1. The highest BCUT2D eigenvalue weighted by molar-refractivity contribution is 5.49. The molecule has 2 rings (SSSR count). The maximum atomic E-state index is 4.42. The Morgan fingerprint density at radius 2 is 2.29 bits per heavy atom. The molecule has 2 heterocycles. The summed E-state index contributed by atoms with van der Waals surface area (Å²) in [6.07, 6.45) is 8.08. The fourth-order valence-electron chi connectivity index (χ4n) is 2.58. The molecule has 1 atom stereocenters. The van der Waals surface area contributed by atoms with E-state index in [0.717, 1.165) is 18.2 Å². The molecule has 1 aromatic rings. The molecule has 0 spiro atoms. The first-order valence-corrected chi connectivity index (χ1v) is 6.61. The topological polar surface area (TPSA) is 41.0 Å². The van der Waals surface area contributed by atoms with Gasteiger partial charge in [-0.2, -0.15) is 0 Å². The molecule has 1 N–H and O–H groups in total. The van der Waals surface area contributed by atoms with Crippen molar-refractivity contribution in [1.82, 2.24) is 9.97 Å². The van der Waals surface area contributed by atoms with Crippen LogP contribution in [0.2, 0.25) is 0 Å². The zero-order valence-corrected chi connectivity index (χ0v) is 10.8. The third-order valence-electron chi connectivity index (χ3n) is 3.45. The lowest BCUT2D eigenvalue weighted by Gasteiger charge is -2.36. The Morgan fingerprint density at radius 1 is 1.41 bits per heavy atom. The van der Waals surface area contributed by atoms with Crippen molar-refractivity contribution in [1.29, 1.82) is 0 Å². The lowest BCUT2D eigenvalue weighted by Crippen LogP contribution is -2.40. The van der Waals surface area contributed by atoms with Crippen molar-refractivity contribution < 1.29 is 0 Å². The SMILES string of the molecule is CCCC1CCCCN1c1cc(NC)ncn1. The predicted octanol–water partition coefficient (Wildman–Crippen LogP) is 2.68.